The van der Waals surface area contributed by atoms with Crippen molar-refractivity contribution < 1.29 is 13.2 Å². The van der Waals surface area contributed by atoms with Gasteiger partial charge in [-0.1, -0.05) is 54.6 Å². The summed E-state index contributed by atoms with van der Waals surface area (Å²) < 4.78 is 32.8. The summed E-state index contributed by atoms with van der Waals surface area (Å²) in [6.07, 6.45) is 0. The minimum absolute atomic E-state index is 0.143. The number of piperazine rings is 1. The fourth-order valence-electron chi connectivity index (χ4n) is 4.59. The number of sulfonamides is 1. The molecule has 3 aliphatic heterocycles. The van der Waals surface area contributed by atoms with Gasteiger partial charge in [-0.2, -0.15) is 4.31 Å². The van der Waals surface area contributed by atoms with Crippen LogP contribution in [-0.4, -0.2) is 45.0 Å². The normalized spacial score (nSPS) is 23.6. The Labute approximate surface area is 177 Å². The topological polar surface area (TPSA) is 58.6 Å². The molecule has 3 heterocycles. The largest absolute Gasteiger partial charge is 0.497 e. The van der Waals surface area contributed by atoms with E-state index in [1.165, 1.54) is 5.56 Å². The van der Waals surface area contributed by atoms with Gasteiger partial charge in [0.25, 0.3) is 0 Å². The van der Waals surface area contributed by atoms with Gasteiger partial charge in [0, 0.05) is 31.1 Å². The zero-order valence-corrected chi connectivity index (χ0v) is 17.5. The summed E-state index contributed by atoms with van der Waals surface area (Å²) in [5, 5.41) is 3.52. The SMILES string of the molecule is COc1cccc(-c2ccc(C3[C@@H]4CN(S(=O)(=O)c5ccccc5)C[C@H]3N4)cc2)c1. The molecule has 0 radical (unpaired) electrons. The smallest absolute Gasteiger partial charge is 0.243 e. The third-order valence-corrected chi connectivity index (χ3v) is 8.02. The van der Waals surface area contributed by atoms with Gasteiger partial charge in [-0.3, -0.25) is 0 Å². The van der Waals surface area contributed by atoms with E-state index in [2.05, 4.69) is 35.6 Å². The van der Waals surface area contributed by atoms with Gasteiger partial charge >= 0.3 is 0 Å². The van der Waals surface area contributed by atoms with Crippen LogP contribution in [0.2, 0.25) is 0 Å². The van der Waals surface area contributed by atoms with Crippen LogP contribution in [0, 0.1) is 0 Å². The summed E-state index contributed by atoms with van der Waals surface area (Å²) in [4.78, 5) is 0.366. The summed E-state index contributed by atoms with van der Waals surface area (Å²) in [6.45, 7) is 0.992. The van der Waals surface area contributed by atoms with Crippen LogP contribution in [-0.2, 0) is 10.0 Å². The van der Waals surface area contributed by atoms with Gasteiger partial charge in [-0.15, -0.1) is 0 Å². The first-order valence-corrected chi connectivity index (χ1v) is 11.6. The maximum absolute atomic E-state index is 12.9. The quantitative estimate of drug-likeness (QED) is 0.687. The molecule has 2 bridgehead atoms. The molecular formula is C24H24N2O3S. The summed E-state index contributed by atoms with van der Waals surface area (Å²) >= 11 is 0. The van der Waals surface area contributed by atoms with Crippen molar-refractivity contribution in [2.75, 3.05) is 20.2 Å². The van der Waals surface area contributed by atoms with E-state index in [0.29, 0.717) is 23.9 Å². The highest BCUT2D eigenvalue weighted by Crippen LogP contribution is 2.39. The molecule has 3 fully saturated rings. The van der Waals surface area contributed by atoms with Gasteiger partial charge < -0.3 is 10.1 Å². The van der Waals surface area contributed by atoms with Crippen LogP contribution in [0.15, 0.2) is 83.8 Å². The van der Waals surface area contributed by atoms with Crippen molar-refractivity contribution in [1.29, 1.82) is 0 Å². The molecule has 3 saturated heterocycles. The molecule has 0 aromatic heterocycles. The highest BCUT2D eigenvalue weighted by Gasteiger charge is 2.49. The highest BCUT2D eigenvalue weighted by atomic mass is 32.2. The van der Waals surface area contributed by atoms with E-state index >= 15 is 0 Å². The Balaban J connectivity index is 1.32. The van der Waals surface area contributed by atoms with Crippen LogP contribution in [0.5, 0.6) is 5.75 Å². The molecule has 0 amide bonds. The summed E-state index contributed by atoms with van der Waals surface area (Å²) in [5.74, 6) is 1.18. The highest BCUT2D eigenvalue weighted by molar-refractivity contribution is 7.89. The first-order valence-electron chi connectivity index (χ1n) is 10.1. The van der Waals surface area contributed by atoms with Crippen LogP contribution < -0.4 is 10.1 Å². The lowest BCUT2D eigenvalue weighted by Crippen LogP contribution is -2.72. The molecule has 154 valence electrons. The molecule has 0 aliphatic carbocycles. The fourth-order valence-corrected chi connectivity index (χ4v) is 6.11. The Morgan fingerprint density at radius 1 is 0.867 bits per heavy atom. The Morgan fingerprint density at radius 3 is 2.23 bits per heavy atom. The van der Waals surface area contributed by atoms with Crippen molar-refractivity contribution in [3.8, 4) is 16.9 Å². The number of benzene rings is 3. The van der Waals surface area contributed by atoms with Crippen LogP contribution >= 0.6 is 0 Å². The second-order valence-electron chi connectivity index (χ2n) is 7.89. The Bertz CT molecular complexity index is 1130. The molecule has 30 heavy (non-hydrogen) atoms. The average Bonchev–Trinajstić information content (AvgIpc) is 2.80. The van der Waals surface area contributed by atoms with Gasteiger partial charge in [0.15, 0.2) is 0 Å². The first kappa shape index (κ1) is 19.3. The fraction of sp³-hybridized carbons (Fsp3) is 0.250. The molecule has 1 N–H and O–H groups in total. The predicted octanol–water partition coefficient (Wildman–Crippen LogP) is 3.49. The molecule has 3 atom stereocenters. The van der Waals surface area contributed by atoms with Gasteiger partial charge in [0.05, 0.1) is 12.0 Å². The van der Waals surface area contributed by atoms with Crippen molar-refractivity contribution in [3.05, 3.63) is 84.4 Å². The molecular weight excluding hydrogens is 396 g/mol. The summed E-state index contributed by atoms with van der Waals surface area (Å²) in [7, 11) is -1.77. The maximum Gasteiger partial charge on any atom is 0.243 e. The number of rotatable bonds is 5. The Kier molecular flexibility index (Phi) is 4.85. The molecule has 6 rings (SSSR count). The summed E-state index contributed by atoms with van der Waals surface area (Å²) in [5.41, 5.74) is 3.52. The number of methoxy groups -OCH3 is 1. The van der Waals surface area contributed by atoms with E-state index in [1.807, 2.05) is 24.3 Å². The lowest BCUT2D eigenvalue weighted by atomic mass is 9.75. The van der Waals surface area contributed by atoms with Crippen molar-refractivity contribution in [2.45, 2.75) is 22.9 Å². The molecule has 0 saturated carbocycles. The monoisotopic (exact) mass is 420 g/mol. The number of hydrogen-bond donors (Lipinski definition) is 1. The zero-order valence-electron chi connectivity index (χ0n) is 16.7. The van der Waals surface area contributed by atoms with Gasteiger partial charge in [0.2, 0.25) is 10.0 Å². The molecule has 0 spiro atoms. The molecule has 6 heteroatoms. The summed E-state index contributed by atoms with van der Waals surface area (Å²) in [6, 6.07) is 25.6. The number of ether oxygens (including phenoxy) is 1. The number of nitrogens with one attached hydrogen (secondary N) is 1. The van der Waals surface area contributed by atoms with E-state index in [4.69, 9.17) is 4.74 Å². The van der Waals surface area contributed by atoms with Crippen LogP contribution in [0.1, 0.15) is 11.5 Å². The molecule has 3 aromatic carbocycles. The standard InChI is InChI=1S/C24H24N2O3S/c1-29-20-7-5-6-19(14-20)17-10-12-18(13-11-17)24-22-15-26(16-23(24)25-22)30(27,28)21-8-3-2-4-9-21/h2-14,22-25H,15-16H2,1H3/t22-,23+,24?. The first-order chi connectivity index (χ1) is 14.6. The second-order valence-corrected chi connectivity index (χ2v) is 9.83. The van der Waals surface area contributed by atoms with Gasteiger partial charge in [-0.05, 0) is 41.0 Å². The average molecular weight is 421 g/mol. The second kappa shape index (κ2) is 7.54. The van der Waals surface area contributed by atoms with E-state index in [9.17, 15) is 8.42 Å². The van der Waals surface area contributed by atoms with E-state index in [0.717, 1.165) is 16.9 Å². The third kappa shape index (κ3) is 3.31. The third-order valence-electron chi connectivity index (χ3n) is 6.18. The lowest BCUT2D eigenvalue weighted by molar-refractivity contribution is 0.102. The van der Waals surface area contributed by atoms with E-state index in [-0.39, 0.29) is 12.1 Å². The number of hydrogen-bond acceptors (Lipinski definition) is 4. The van der Waals surface area contributed by atoms with Crippen LogP contribution in [0.4, 0.5) is 0 Å². The van der Waals surface area contributed by atoms with Crippen molar-refractivity contribution in [2.24, 2.45) is 0 Å². The van der Waals surface area contributed by atoms with Crippen molar-refractivity contribution in [1.82, 2.24) is 9.62 Å². The van der Waals surface area contributed by atoms with E-state index < -0.39 is 10.0 Å². The molecule has 1 unspecified atom stereocenters. The Morgan fingerprint density at radius 2 is 1.57 bits per heavy atom. The van der Waals surface area contributed by atoms with Crippen molar-refractivity contribution in [3.63, 3.8) is 0 Å². The van der Waals surface area contributed by atoms with Crippen LogP contribution in [0.25, 0.3) is 11.1 Å². The number of piperidine rings is 1. The Hall–Kier alpha value is -2.67. The van der Waals surface area contributed by atoms with Gasteiger partial charge in [-0.25, -0.2) is 8.42 Å². The predicted molar refractivity (Wildman–Crippen MR) is 117 cm³/mol. The van der Waals surface area contributed by atoms with Crippen molar-refractivity contribution >= 4 is 10.0 Å². The number of nitrogens with zero attached hydrogens (tertiary/aromatic N) is 1. The number of fused-ring (bicyclic) bond motifs is 2. The molecule has 5 nitrogen and oxygen atoms in total. The lowest BCUT2D eigenvalue weighted by Gasteiger charge is -2.54. The van der Waals surface area contributed by atoms with Gasteiger partial charge in [0.1, 0.15) is 5.75 Å². The molecule has 3 aliphatic rings. The minimum Gasteiger partial charge on any atom is -0.497 e. The van der Waals surface area contributed by atoms with E-state index in [1.54, 1.807) is 35.7 Å². The minimum atomic E-state index is -3.44. The maximum atomic E-state index is 12.9. The zero-order chi connectivity index (χ0) is 20.7. The molecule has 3 aromatic rings. The van der Waals surface area contributed by atoms with Crippen LogP contribution in [0.3, 0.4) is 0 Å².